The number of carbonyl (C=O) groups excluding carboxylic acids is 1. The lowest BCUT2D eigenvalue weighted by atomic mass is 10.1. The molecule has 24 heavy (non-hydrogen) atoms. The van der Waals surface area contributed by atoms with Crippen LogP contribution in [-0.2, 0) is 17.8 Å². The molecule has 0 spiro atoms. The van der Waals surface area contributed by atoms with Crippen molar-refractivity contribution in [2.45, 2.75) is 32.7 Å². The number of carbonyl (C=O) groups is 1. The molecule has 3 nitrogen and oxygen atoms in total. The Labute approximate surface area is 138 Å². The molecule has 0 aliphatic heterocycles. The minimum atomic E-state index is -4.68. The fourth-order valence-corrected chi connectivity index (χ4v) is 2.08. The molecule has 0 radical (unpaired) electrons. The van der Waals surface area contributed by atoms with E-state index < -0.39 is 18.9 Å². The second-order valence-electron chi connectivity index (χ2n) is 5.21. The molecule has 0 N–H and O–H groups in total. The molecular weight excluding hydrogens is 321 g/mol. The summed E-state index contributed by atoms with van der Waals surface area (Å²) in [7, 11) is 0. The Morgan fingerprint density at radius 1 is 0.958 bits per heavy atom. The summed E-state index contributed by atoms with van der Waals surface area (Å²) in [6.07, 6.45) is -2.69. The van der Waals surface area contributed by atoms with Crippen molar-refractivity contribution in [2.24, 2.45) is 0 Å². The van der Waals surface area contributed by atoms with Gasteiger partial charge >= 0.3 is 12.3 Å². The molecule has 0 unspecified atom stereocenters. The monoisotopic (exact) mass is 338 g/mol. The predicted octanol–water partition coefficient (Wildman–Crippen LogP) is 4.89. The molecule has 0 heterocycles. The summed E-state index contributed by atoms with van der Waals surface area (Å²) in [5.74, 6) is -0.147. The van der Waals surface area contributed by atoms with Crippen LogP contribution in [0.2, 0.25) is 0 Å². The van der Waals surface area contributed by atoms with E-state index in [9.17, 15) is 18.0 Å². The molecule has 0 saturated heterocycles. The third kappa shape index (κ3) is 5.70. The molecule has 2 rings (SSSR count). The first-order valence-electron chi connectivity index (χ1n) is 7.48. The Morgan fingerprint density at radius 2 is 1.54 bits per heavy atom. The van der Waals surface area contributed by atoms with Crippen LogP contribution in [0.4, 0.5) is 13.2 Å². The van der Waals surface area contributed by atoms with Gasteiger partial charge in [0.2, 0.25) is 0 Å². The van der Waals surface area contributed by atoms with E-state index in [1.54, 1.807) is 12.1 Å². The van der Waals surface area contributed by atoms with Crippen LogP contribution in [0.5, 0.6) is 5.75 Å². The van der Waals surface area contributed by atoms with E-state index in [1.807, 2.05) is 12.1 Å². The van der Waals surface area contributed by atoms with Gasteiger partial charge in [-0.15, -0.1) is 13.2 Å². The molecule has 0 aliphatic rings. The highest BCUT2D eigenvalue weighted by Gasteiger charge is 2.28. The SMILES string of the molecule is CCCc1ccc(OC(=O)c2ccc(COC(F)(F)F)cc2)cc1. The molecule has 128 valence electrons. The average Bonchev–Trinajstić information content (AvgIpc) is 2.55. The van der Waals surface area contributed by atoms with Crippen LogP contribution in [0.15, 0.2) is 48.5 Å². The molecule has 0 aliphatic carbocycles. The van der Waals surface area contributed by atoms with Gasteiger partial charge in [0.15, 0.2) is 0 Å². The Morgan fingerprint density at radius 3 is 2.08 bits per heavy atom. The maximum atomic E-state index is 12.0. The largest absolute Gasteiger partial charge is 0.522 e. The lowest BCUT2D eigenvalue weighted by Crippen LogP contribution is -2.13. The molecule has 6 heteroatoms. The Balaban J connectivity index is 1.94. The molecule has 0 amide bonds. The maximum absolute atomic E-state index is 12.0. The first-order chi connectivity index (χ1) is 11.4. The topological polar surface area (TPSA) is 35.5 Å². The number of hydrogen-bond acceptors (Lipinski definition) is 3. The summed E-state index contributed by atoms with van der Waals surface area (Å²) in [4.78, 5) is 12.0. The third-order valence-corrected chi connectivity index (χ3v) is 3.26. The van der Waals surface area contributed by atoms with E-state index in [-0.39, 0.29) is 5.56 Å². The zero-order valence-electron chi connectivity index (χ0n) is 13.1. The predicted molar refractivity (Wildman–Crippen MR) is 82.7 cm³/mol. The van der Waals surface area contributed by atoms with E-state index in [4.69, 9.17) is 4.74 Å². The molecule has 0 bridgehead atoms. The Bertz CT molecular complexity index is 661. The minimum absolute atomic E-state index is 0.253. The van der Waals surface area contributed by atoms with Gasteiger partial charge in [0.25, 0.3) is 0 Å². The van der Waals surface area contributed by atoms with E-state index in [1.165, 1.54) is 24.3 Å². The zero-order valence-corrected chi connectivity index (χ0v) is 13.1. The van der Waals surface area contributed by atoms with Crippen molar-refractivity contribution in [3.05, 3.63) is 65.2 Å². The standard InChI is InChI=1S/C18H17F3O3/c1-2-3-13-6-10-16(11-7-13)24-17(22)15-8-4-14(5-9-15)12-23-18(19,20)21/h4-11H,2-3,12H2,1H3. The number of rotatable bonds is 6. The van der Waals surface area contributed by atoms with Gasteiger partial charge in [-0.25, -0.2) is 4.79 Å². The Hall–Kier alpha value is -2.34. The van der Waals surface area contributed by atoms with Crippen molar-refractivity contribution in [3.63, 3.8) is 0 Å². The summed E-state index contributed by atoms with van der Waals surface area (Å²) < 4.78 is 44.9. The number of ether oxygens (including phenoxy) is 2. The summed E-state index contributed by atoms with van der Waals surface area (Å²) >= 11 is 0. The van der Waals surface area contributed by atoms with Gasteiger partial charge < -0.3 is 4.74 Å². The third-order valence-electron chi connectivity index (χ3n) is 3.26. The van der Waals surface area contributed by atoms with Crippen molar-refractivity contribution in [1.82, 2.24) is 0 Å². The number of aryl methyl sites for hydroxylation is 1. The van der Waals surface area contributed by atoms with E-state index in [0.29, 0.717) is 11.3 Å². The second kappa shape index (κ2) is 7.97. The van der Waals surface area contributed by atoms with Gasteiger partial charge in [0, 0.05) is 0 Å². The number of benzene rings is 2. The van der Waals surface area contributed by atoms with E-state index in [0.717, 1.165) is 18.4 Å². The fraction of sp³-hybridized carbons (Fsp3) is 0.278. The highest BCUT2D eigenvalue weighted by molar-refractivity contribution is 5.91. The van der Waals surface area contributed by atoms with Gasteiger partial charge in [-0.1, -0.05) is 37.6 Å². The Kier molecular flexibility index (Phi) is 5.98. The number of halogens is 3. The smallest absolute Gasteiger partial charge is 0.423 e. The summed E-state index contributed by atoms with van der Waals surface area (Å²) in [5, 5.41) is 0. The van der Waals surface area contributed by atoms with Crippen LogP contribution in [0, 0.1) is 0 Å². The molecule has 2 aromatic rings. The van der Waals surface area contributed by atoms with Crippen molar-refractivity contribution in [1.29, 1.82) is 0 Å². The molecular formula is C18H17F3O3. The van der Waals surface area contributed by atoms with Crippen molar-refractivity contribution >= 4 is 5.97 Å². The molecule has 0 atom stereocenters. The van der Waals surface area contributed by atoms with Gasteiger partial charge in [-0.2, -0.15) is 0 Å². The lowest BCUT2D eigenvalue weighted by molar-refractivity contribution is -0.330. The highest BCUT2D eigenvalue weighted by Crippen LogP contribution is 2.19. The molecule has 0 fully saturated rings. The summed E-state index contributed by atoms with van der Waals surface area (Å²) in [6, 6.07) is 12.8. The minimum Gasteiger partial charge on any atom is -0.423 e. The summed E-state index contributed by atoms with van der Waals surface area (Å²) in [5.41, 5.74) is 1.72. The van der Waals surface area contributed by atoms with Gasteiger partial charge in [0.1, 0.15) is 5.75 Å². The molecule has 0 aromatic heterocycles. The highest BCUT2D eigenvalue weighted by atomic mass is 19.4. The first-order valence-corrected chi connectivity index (χ1v) is 7.48. The molecule has 0 saturated carbocycles. The maximum Gasteiger partial charge on any atom is 0.522 e. The number of alkyl halides is 3. The van der Waals surface area contributed by atoms with Crippen molar-refractivity contribution in [2.75, 3.05) is 0 Å². The average molecular weight is 338 g/mol. The van der Waals surface area contributed by atoms with E-state index >= 15 is 0 Å². The van der Waals surface area contributed by atoms with Crippen molar-refractivity contribution in [3.8, 4) is 5.75 Å². The fourth-order valence-electron chi connectivity index (χ4n) is 2.08. The normalized spacial score (nSPS) is 11.3. The van der Waals surface area contributed by atoms with Crippen LogP contribution in [0.3, 0.4) is 0 Å². The quantitative estimate of drug-likeness (QED) is 0.555. The number of esters is 1. The second-order valence-corrected chi connectivity index (χ2v) is 5.21. The zero-order chi connectivity index (χ0) is 17.6. The van der Waals surface area contributed by atoms with Crippen molar-refractivity contribution < 1.29 is 27.4 Å². The van der Waals surface area contributed by atoms with E-state index in [2.05, 4.69) is 11.7 Å². The van der Waals surface area contributed by atoms with Gasteiger partial charge in [0.05, 0.1) is 12.2 Å². The molecule has 2 aromatic carbocycles. The van der Waals surface area contributed by atoms with Gasteiger partial charge in [-0.3, -0.25) is 4.74 Å². The van der Waals surface area contributed by atoms with Crippen LogP contribution in [0.25, 0.3) is 0 Å². The summed E-state index contributed by atoms with van der Waals surface area (Å²) in [6.45, 7) is 1.48. The first kappa shape index (κ1) is 18.0. The van der Waals surface area contributed by atoms with Crippen LogP contribution >= 0.6 is 0 Å². The lowest BCUT2D eigenvalue weighted by Gasteiger charge is -2.08. The number of hydrogen-bond donors (Lipinski definition) is 0. The van der Waals surface area contributed by atoms with Crippen LogP contribution < -0.4 is 4.74 Å². The van der Waals surface area contributed by atoms with Gasteiger partial charge in [-0.05, 0) is 41.8 Å². The van der Waals surface area contributed by atoms with Crippen LogP contribution in [0.1, 0.15) is 34.8 Å². The van der Waals surface area contributed by atoms with Crippen LogP contribution in [-0.4, -0.2) is 12.3 Å².